The highest BCUT2D eigenvalue weighted by Crippen LogP contribution is 2.32. The fourth-order valence-electron chi connectivity index (χ4n) is 1.71. The molecule has 1 aromatic carbocycles. The van der Waals surface area contributed by atoms with E-state index in [-0.39, 0.29) is 25.0 Å². The molecular formula is C14H16N2O4. The van der Waals surface area contributed by atoms with E-state index in [1.54, 1.807) is 18.2 Å². The van der Waals surface area contributed by atoms with Crippen molar-refractivity contribution in [3.63, 3.8) is 0 Å². The fourth-order valence-corrected chi connectivity index (χ4v) is 1.71. The predicted molar refractivity (Wildman–Crippen MR) is 72.2 cm³/mol. The van der Waals surface area contributed by atoms with Gasteiger partial charge in [-0.1, -0.05) is 12.1 Å². The van der Waals surface area contributed by atoms with Crippen LogP contribution in [-0.4, -0.2) is 25.2 Å². The van der Waals surface area contributed by atoms with E-state index in [0.717, 1.165) is 5.56 Å². The van der Waals surface area contributed by atoms with Gasteiger partial charge in [-0.25, -0.2) is 0 Å². The zero-order valence-corrected chi connectivity index (χ0v) is 11.0. The van der Waals surface area contributed by atoms with Crippen LogP contribution in [0.3, 0.4) is 0 Å². The van der Waals surface area contributed by atoms with E-state index in [4.69, 9.17) is 9.47 Å². The molecule has 0 unspecified atom stereocenters. The highest BCUT2D eigenvalue weighted by atomic mass is 16.7. The lowest BCUT2D eigenvalue weighted by atomic mass is 10.2. The second-order valence-corrected chi connectivity index (χ2v) is 4.23. The first kappa shape index (κ1) is 13.9. The molecular weight excluding hydrogens is 260 g/mol. The average molecular weight is 276 g/mol. The fraction of sp³-hybridized carbons (Fsp3) is 0.286. The molecule has 20 heavy (non-hydrogen) atoms. The lowest BCUT2D eigenvalue weighted by Gasteiger charge is -2.06. The molecule has 0 aromatic heterocycles. The molecule has 1 aromatic rings. The van der Waals surface area contributed by atoms with Crippen LogP contribution >= 0.6 is 0 Å². The number of fused-ring (bicyclic) bond motifs is 1. The summed E-state index contributed by atoms with van der Waals surface area (Å²) in [7, 11) is 0. The third kappa shape index (κ3) is 3.74. The minimum atomic E-state index is -0.329. The van der Waals surface area contributed by atoms with Gasteiger partial charge in [0.05, 0.1) is 0 Å². The van der Waals surface area contributed by atoms with Crippen LogP contribution in [0, 0.1) is 0 Å². The van der Waals surface area contributed by atoms with E-state index in [2.05, 4.69) is 17.2 Å². The van der Waals surface area contributed by atoms with Crippen LogP contribution in [0.25, 0.3) is 0 Å². The van der Waals surface area contributed by atoms with Crippen LogP contribution < -0.4 is 20.1 Å². The van der Waals surface area contributed by atoms with E-state index in [1.807, 2.05) is 6.07 Å². The van der Waals surface area contributed by atoms with Crippen LogP contribution in [0.5, 0.6) is 11.5 Å². The summed E-state index contributed by atoms with van der Waals surface area (Å²) in [6, 6.07) is 5.44. The van der Waals surface area contributed by atoms with Gasteiger partial charge in [-0.05, 0) is 17.7 Å². The average Bonchev–Trinajstić information content (AvgIpc) is 2.90. The third-order valence-electron chi connectivity index (χ3n) is 2.69. The van der Waals surface area contributed by atoms with Crippen molar-refractivity contribution in [2.24, 2.45) is 0 Å². The Morgan fingerprint density at radius 3 is 2.75 bits per heavy atom. The number of hydrogen-bond acceptors (Lipinski definition) is 4. The van der Waals surface area contributed by atoms with E-state index < -0.39 is 0 Å². The van der Waals surface area contributed by atoms with Gasteiger partial charge < -0.3 is 20.1 Å². The highest BCUT2D eigenvalue weighted by molar-refractivity contribution is 5.96. The Labute approximate surface area is 116 Å². The highest BCUT2D eigenvalue weighted by Gasteiger charge is 2.14. The number of rotatable bonds is 6. The van der Waals surface area contributed by atoms with Crippen LogP contribution in [0.1, 0.15) is 12.0 Å². The predicted octanol–water partition coefficient (Wildman–Crippen LogP) is 0.724. The second-order valence-electron chi connectivity index (χ2n) is 4.23. The molecule has 6 nitrogen and oxygen atoms in total. The summed E-state index contributed by atoms with van der Waals surface area (Å²) in [4.78, 5) is 22.9. The standard InChI is InChI=1S/C14H16N2O4/c1-2-5-15-13(17)7-14(18)16-8-10-3-4-11-12(6-10)20-9-19-11/h2-4,6H,1,5,7-9H2,(H,15,17)(H,16,18). The monoisotopic (exact) mass is 276 g/mol. The Hall–Kier alpha value is -2.50. The van der Waals surface area contributed by atoms with E-state index in [9.17, 15) is 9.59 Å². The zero-order valence-electron chi connectivity index (χ0n) is 11.0. The normalized spacial score (nSPS) is 11.8. The van der Waals surface area contributed by atoms with Crippen molar-refractivity contribution < 1.29 is 19.1 Å². The molecule has 2 amide bonds. The number of nitrogens with one attached hydrogen (secondary N) is 2. The molecule has 2 rings (SSSR count). The Morgan fingerprint density at radius 2 is 1.95 bits per heavy atom. The van der Waals surface area contributed by atoms with Gasteiger partial charge in [0.25, 0.3) is 0 Å². The molecule has 2 N–H and O–H groups in total. The maximum absolute atomic E-state index is 11.6. The Bertz CT molecular complexity index is 528. The number of hydrogen-bond donors (Lipinski definition) is 2. The molecule has 1 heterocycles. The first-order chi connectivity index (χ1) is 9.69. The SMILES string of the molecule is C=CCNC(=O)CC(=O)NCc1ccc2c(c1)OCO2. The summed E-state index contributed by atoms with van der Waals surface area (Å²) >= 11 is 0. The van der Waals surface area contributed by atoms with Gasteiger partial charge in [-0.3, -0.25) is 9.59 Å². The van der Waals surface area contributed by atoms with Crippen molar-refractivity contribution in [3.05, 3.63) is 36.4 Å². The number of carbonyl (C=O) groups excluding carboxylic acids is 2. The van der Waals surface area contributed by atoms with Crippen molar-refractivity contribution in [2.75, 3.05) is 13.3 Å². The van der Waals surface area contributed by atoms with Crippen molar-refractivity contribution in [1.82, 2.24) is 10.6 Å². The van der Waals surface area contributed by atoms with Crippen LogP contribution in [0.4, 0.5) is 0 Å². The molecule has 0 saturated carbocycles. The van der Waals surface area contributed by atoms with Crippen LogP contribution in [0.15, 0.2) is 30.9 Å². The van der Waals surface area contributed by atoms with Crippen molar-refractivity contribution >= 4 is 11.8 Å². The molecule has 106 valence electrons. The zero-order chi connectivity index (χ0) is 14.4. The quantitative estimate of drug-likeness (QED) is 0.593. The van der Waals surface area contributed by atoms with Gasteiger partial charge in [0, 0.05) is 13.1 Å². The second kappa shape index (κ2) is 6.60. The molecule has 1 aliphatic heterocycles. The summed E-state index contributed by atoms with van der Waals surface area (Å²) in [5, 5.41) is 5.22. The summed E-state index contributed by atoms with van der Waals surface area (Å²) in [6.45, 7) is 4.39. The minimum Gasteiger partial charge on any atom is -0.454 e. The Kier molecular flexibility index (Phi) is 4.60. The summed E-state index contributed by atoms with van der Waals surface area (Å²) < 4.78 is 10.4. The number of ether oxygens (including phenoxy) is 2. The summed E-state index contributed by atoms with van der Waals surface area (Å²) in [5.74, 6) is 0.710. The van der Waals surface area contributed by atoms with Gasteiger partial charge in [0.2, 0.25) is 18.6 Å². The van der Waals surface area contributed by atoms with Gasteiger partial charge in [0.15, 0.2) is 11.5 Å². The van der Waals surface area contributed by atoms with Gasteiger partial charge in [0.1, 0.15) is 6.42 Å². The topological polar surface area (TPSA) is 76.7 Å². The van der Waals surface area contributed by atoms with Crippen molar-refractivity contribution in [1.29, 1.82) is 0 Å². The molecule has 6 heteroatoms. The minimum absolute atomic E-state index is 0.196. The lowest BCUT2D eigenvalue weighted by Crippen LogP contribution is -2.31. The smallest absolute Gasteiger partial charge is 0.231 e. The molecule has 0 bridgehead atoms. The number of benzene rings is 1. The summed E-state index contributed by atoms with van der Waals surface area (Å²) in [6.07, 6.45) is 1.36. The van der Waals surface area contributed by atoms with Crippen molar-refractivity contribution in [2.45, 2.75) is 13.0 Å². The van der Waals surface area contributed by atoms with Gasteiger partial charge in [-0.2, -0.15) is 0 Å². The van der Waals surface area contributed by atoms with Crippen LogP contribution in [-0.2, 0) is 16.1 Å². The third-order valence-corrected chi connectivity index (χ3v) is 2.69. The first-order valence-corrected chi connectivity index (χ1v) is 6.22. The number of amides is 2. The first-order valence-electron chi connectivity index (χ1n) is 6.22. The maximum Gasteiger partial charge on any atom is 0.231 e. The van der Waals surface area contributed by atoms with Gasteiger partial charge in [-0.15, -0.1) is 6.58 Å². The van der Waals surface area contributed by atoms with Crippen molar-refractivity contribution in [3.8, 4) is 11.5 Å². The Balaban J connectivity index is 1.78. The largest absolute Gasteiger partial charge is 0.454 e. The Morgan fingerprint density at radius 1 is 1.20 bits per heavy atom. The molecule has 0 radical (unpaired) electrons. The molecule has 1 aliphatic rings. The van der Waals surface area contributed by atoms with E-state index in [0.29, 0.717) is 24.6 Å². The molecule has 0 saturated heterocycles. The summed E-state index contributed by atoms with van der Waals surface area (Å²) in [5.41, 5.74) is 0.883. The molecule has 0 spiro atoms. The number of carbonyl (C=O) groups is 2. The molecule has 0 atom stereocenters. The molecule has 0 fully saturated rings. The van der Waals surface area contributed by atoms with E-state index >= 15 is 0 Å². The van der Waals surface area contributed by atoms with E-state index in [1.165, 1.54) is 0 Å². The lowest BCUT2D eigenvalue weighted by molar-refractivity contribution is -0.129. The molecule has 0 aliphatic carbocycles. The maximum atomic E-state index is 11.6. The van der Waals surface area contributed by atoms with Crippen LogP contribution in [0.2, 0.25) is 0 Å². The van der Waals surface area contributed by atoms with Gasteiger partial charge >= 0.3 is 0 Å².